The molecule has 0 saturated carbocycles. The smallest absolute Gasteiger partial charge is 0.165 e. The largest absolute Gasteiger partial charge is 0.228 e. The maximum Gasteiger partial charge on any atom is 0.165 e. The van der Waals surface area contributed by atoms with Gasteiger partial charge in [0.2, 0.25) is 0 Å². The van der Waals surface area contributed by atoms with Crippen molar-refractivity contribution in [2.75, 3.05) is 0 Å². The average molecular weight is 724 g/mol. The summed E-state index contributed by atoms with van der Waals surface area (Å²) in [6.07, 6.45) is 8.96. The van der Waals surface area contributed by atoms with Gasteiger partial charge in [0.25, 0.3) is 0 Å². The van der Waals surface area contributed by atoms with Crippen LogP contribution in [0.2, 0.25) is 0 Å². The highest BCUT2D eigenvalue weighted by Crippen LogP contribution is 2.43. The highest BCUT2D eigenvalue weighted by atomic mass is 32.1. The van der Waals surface area contributed by atoms with Gasteiger partial charge < -0.3 is 0 Å². The summed E-state index contributed by atoms with van der Waals surface area (Å²) in [6.45, 7) is 0. The Morgan fingerprint density at radius 3 is 1.60 bits per heavy atom. The van der Waals surface area contributed by atoms with E-state index in [2.05, 4.69) is 109 Å². The highest BCUT2D eigenvalue weighted by Gasteiger charge is 2.20. The number of fused-ring (bicyclic) bond motifs is 3. The zero-order chi connectivity index (χ0) is 36.6. The van der Waals surface area contributed by atoms with Gasteiger partial charge >= 0.3 is 0 Å². The predicted molar refractivity (Wildman–Crippen MR) is 227 cm³/mol. The van der Waals surface area contributed by atoms with Crippen molar-refractivity contribution < 1.29 is 0 Å². The van der Waals surface area contributed by atoms with Gasteiger partial charge in [0.15, 0.2) is 23.3 Å². The lowest BCUT2D eigenvalue weighted by molar-refractivity contribution is 1.04. The molecule has 0 saturated heterocycles. The van der Waals surface area contributed by atoms with Crippen LogP contribution in [0.25, 0.3) is 93.8 Å². The van der Waals surface area contributed by atoms with Gasteiger partial charge in [0.05, 0.1) is 11.4 Å². The molecule has 0 atom stereocenters. The third-order valence-corrected chi connectivity index (χ3v) is 11.2. The molecule has 0 amide bonds. The Hall–Kier alpha value is -6.89. The summed E-state index contributed by atoms with van der Waals surface area (Å²) in [5.74, 6) is 2.61. The van der Waals surface area contributed by atoms with Gasteiger partial charge in [-0.15, -0.1) is 11.3 Å². The maximum absolute atomic E-state index is 5.28. The first-order valence-corrected chi connectivity index (χ1v) is 19.3. The first-order valence-electron chi connectivity index (χ1n) is 18.5. The van der Waals surface area contributed by atoms with E-state index in [1.54, 1.807) is 11.3 Å². The number of thiophene rings is 1. The molecular weight excluding hydrogens is 691 g/mol. The Labute approximate surface area is 323 Å². The van der Waals surface area contributed by atoms with Crippen molar-refractivity contribution in [1.29, 1.82) is 0 Å². The molecule has 6 aromatic carbocycles. The van der Waals surface area contributed by atoms with Crippen LogP contribution >= 0.6 is 11.3 Å². The molecule has 55 heavy (non-hydrogen) atoms. The second-order valence-corrected chi connectivity index (χ2v) is 14.6. The second kappa shape index (κ2) is 14.2. The molecule has 0 radical (unpaired) electrons. The molecular formula is C49H33N5S. The summed E-state index contributed by atoms with van der Waals surface area (Å²) in [5.41, 5.74) is 10.2. The van der Waals surface area contributed by atoms with Crippen LogP contribution in [-0.2, 0) is 0 Å². The summed E-state index contributed by atoms with van der Waals surface area (Å²) >= 11 is 1.74. The van der Waals surface area contributed by atoms with Crippen LogP contribution in [0.4, 0.5) is 0 Å². The van der Waals surface area contributed by atoms with Gasteiger partial charge in [0.1, 0.15) is 0 Å². The molecule has 260 valence electrons. The van der Waals surface area contributed by atoms with Gasteiger partial charge in [-0.3, -0.25) is 0 Å². The van der Waals surface area contributed by atoms with E-state index in [1.165, 1.54) is 11.1 Å². The van der Waals surface area contributed by atoms with Crippen molar-refractivity contribution in [3.8, 4) is 68.1 Å². The molecule has 6 heteroatoms. The fourth-order valence-corrected chi connectivity index (χ4v) is 8.51. The summed E-state index contributed by atoms with van der Waals surface area (Å²) in [4.78, 5) is 25.6. The van der Waals surface area contributed by atoms with Crippen LogP contribution in [0.1, 0.15) is 18.4 Å². The zero-order valence-corrected chi connectivity index (χ0v) is 30.6. The molecule has 3 heterocycles. The second-order valence-electron chi connectivity index (χ2n) is 13.5. The van der Waals surface area contributed by atoms with Gasteiger partial charge in [0, 0.05) is 53.6 Å². The highest BCUT2D eigenvalue weighted by molar-refractivity contribution is 7.26. The number of rotatable bonds is 7. The van der Waals surface area contributed by atoms with Gasteiger partial charge in [-0.05, 0) is 42.2 Å². The van der Waals surface area contributed by atoms with E-state index in [-0.39, 0.29) is 0 Å². The predicted octanol–water partition coefficient (Wildman–Crippen LogP) is 12.8. The SMILES string of the molecule is C1=CC(c2ccc(-c3cc(-c4ccccc4)nc(-c4cccc5sc6c(-c7nc(-c8ccccc8)nc(-c8ccccc8)n7)cccc6c45)n3)cc2)=CCC1. The number of nitrogens with zero attached hydrogens (tertiary/aromatic N) is 5. The van der Waals surface area contributed by atoms with Crippen LogP contribution in [-0.4, -0.2) is 24.9 Å². The van der Waals surface area contributed by atoms with E-state index >= 15 is 0 Å². The molecule has 0 spiro atoms. The van der Waals surface area contributed by atoms with Crippen molar-refractivity contribution >= 4 is 37.1 Å². The molecule has 0 fully saturated rings. The lowest BCUT2D eigenvalue weighted by Gasteiger charge is -2.12. The molecule has 0 aliphatic heterocycles. The first kappa shape index (κ1) is 32.7. The molecule has 1 aliphatic carbocycles. The molecule has 1 aliphatic rings. The summed E-state index contributed by atoms with van der Waals surface area (Å²) in [5, 5.41) is 2.23. The molecule has 9 aromatic rings. The van der Waals surface area contributed by atoms with Crippen LogP contribution in [0.5, 0.6) is 0 Å². The Kier molecular flexibility index (Phi) is 8.43. The first-order chi connectivity index (χ1) is 27.2. The van der Waals surface area contributed by atoms with E-state index in [9.17, 15) is 0 Å². The van der Waals surface area contributed by atoms with Crippen LogP contribution in [0, 0.1) is 0 Å². The number of hydrogen-bond donors (Lipinski definition) is 0. The maximum atomic E-state index is 5.28. The van der Waals surface area contributed by atoms with Crippen molar-refractivity contribution in [2.24, 2.45) is 0 Å². The van der Waals surface area contributed by atoms with Crippen molar-refractivity contribution in [3.05, 3.63) is 182 Å². The Balaban J connectivity index is 1.14. The Morgan fingerprint density at radius 2 is 0.964 bits per heavy atom. The summed E-state index contributed by atoms with van der Waals surface area (Å²) < 4.78 is 2.25. The number of aromatic nitrogens is 5. The quantitative estimate of drug-likeness (QED) is 0.164. The third-order valence-electron chi connectivity index (χ3n) is 10.0. The minimum atomic E-state index is 0.638. The minimum absolute atomic E-state index is 0.638. The molecule has 0 bridgehead atoms. The van der Waals surface area contributed by atoms with Crippen molar-refractivity contribution in [1.82, 2.24) is 24.9 Å². The van der Waals surface area contributed by atoms with E-state index in [1.807, 2.05) is 66.7 Å². The van der Waals surface area contributed by atoms with Gasteiger partial charge in [-0.25, -0.2) is 24.9 Å². The molecule has 0 N–H and O–H groups in total. The van der Waals surface area contributed by atoms with Crippen molar-refractivity contribution in [2.45, 2.75) is 12.8 Å². The normalized spacial score (nSPS) is 12.6. The molecule has 3 aromatic heterocycles. The Morgan fingerprint density at radius 1 is 0.418 bits per heavy atom. The number of allylic oxidation sites excluding steroid dienone is 4. The molecule has 5 nitrogen and oxygen atoms in total. The van der Waals surface area contributed by atoms with Crippen molar-refractivity contribution in [3.63, 3.8) is 0 Å². The van der Waals surface area contributed by atoms with Gasteiger partial charge in [-0.2, -0.15) is 0 Å². The number of hydrogen-bond acceptors (Lipinski definition) is 6. The zero-order valence-electron chi connectivity index (χ0n) is 29.8. The lowest BCUT2D eigenvalue weighted by Crippen LogP contribution is -2.00. The fourth-order valence-electron chi connectivity index (χ4n) is 7.27. The van der Waals surface area contributed by atoms with E-state index in [4.69, 9.17) is 24.9 Å². The van der Waals surface area contributed by atoms with E-state index < -0.39 is 0 Å². The molecule has 10 rings (SSSR count). The van der Waals surface area contributed by atoms with Crippen LogP contribution in [0.15, 0.2) is 176 Å². The summed E-state index contributed by atoms with van der Waals surface area (Å²) in [7, 11) is 0. The van der Waals surface area contributed by atoms with E-state index in [0.717, 1.165) is 77.8 Å². The monoisotopic (exact) mass is 723 g/mol. The van der Waals surface area contributed by atoms with E-state index in [0.29, 0.717) is 23.3 Å². The Bertz CT molecular complexity index is 2840. The van der Waals surface area contributed by atoms with Crippen LogP contribution < -0.4 is 0 Å². The topological polar surface area (TPSA) is 64.5 Å². The minimum Gasteiger partial charge on any atom is -0.228 e. The molecule has 0 unspecified atom stereocenters. The number of benzene rings is 6. The average Bonchev–Trinajstić information content (AvgIpc) is 3.67. The lowest BCUT2D eigenvalue weighted by atomic mass is 9.97. The standard InChI is InChI=1S/C49H33N5S/c1-5-15-32(16-6-1)33-27-29-35(30-28-33)42-31-41(34-17-7-2-8-18-34)50-48(51-42)39-24-14-26-43-44(39)38-23-13-25-40(45(38)55-43)49-53-46(36-19-9-3-10-20-36)52-47(54-49)37-21-11-4-12-22-37/h2-5,7-31H,1,6H2. The third kappa shape index (κ3) is 6.33. The summed E-state index contributed by atoms with van der Waals surface area (Å²) in [6, 6.07) is 54.3. The fraction of sp³-hybridized carbons (Fsp3) is 0.0408. The van der Waals surface area contributed by atoms with Crippen LogP contribution in [0.3, 0.4) is 0 Å². The van der Waals surface area contributed by atoms with Gasteiger partial charge in [-0.1, -0.05) is 158 Å².